The topological polar surface area (TPSA) is 32.3 Å². The first-order chi connectivity index (χ1) is 7.75. The van der Waals surface area contributed by atoms with Crippen LogP contribution >= 0.6 is 12.2 Å². The van der Waals surface area contributed by atoms with Gasteiger partial charge in [-0.1, -0.05) is 33.0 Å². The summed E-state index contributed by atoms with van der Waals surface area (Å²) in [4.78, 5) is 13.9. The highest BCUT2D eigenvalue weighted by Crippen LogP contribution is 2.30. The SMILES string of the molecule is CN(C)CCCNc1c(C(C)(C)C)c(=O)c1=S. The van der Waals surface area contributed by atoms with E-state index in [1.807, 2.05) is 20.8 Å². The molecule has 0 spiro atoms. The van der Waals surface area contributed by atoms with Gasteiger partial charge in [0.05, 0.1) is 5.69 Å². The molecule has 1 aromatic carbocycles. The van der Waals surface area contributed by atoms with Crippen molar-refractivity contribution in [3.63, 3.8) is 0 Å². The van der Waals surface area contributed by atoms with Crippen LogP contribution in [-0.2, 0) is 5.41 Å². The van der Waals surface area contributed by atoms with Crippen LogP contribution in [0.25, 0.3) is 0 Å². The molecule has 0 unspecified atom stereocenters. The lowest BCUT2D eigenvalue weighted by Crippen LogP contribution is -2.31. The van der Waals surface area contributed by atoms with Gasteiger partial charge in [0, 0.05) is 12.1 Å². The molecule has 0 amide bonds. The lowest BCUT2D eigenvalue weighted by Gasteiger charge is -2.25. The van der Waals surface area contributed by atoms with E-state index in [9.17, 15) is 4.79 Å². The minimum Gasteiger partial charge on any atom is -0.383 e. The molecule has 0 atom stereocenters. The second-order valence-electron chi connectivity index (χ2n) is 5.74. The number of rotatable bonds is 5. The van der Waals surface area contributed by atoms with Gasteiger partial charge in [-0.05, 0) is 32.5 Å². The van der Waals surface area contributed by atoms with Gasteiger partial charge in [0.2, 0.25) is 5.43 Å². The van der Waals surface area contributed by atoms with Gasteiger partial charge in [0.1, 0.15) is 4.51 Å². The number of nitrogens with one attached hydrogen (secondary N) is 1. The highest BCUT2D eigenvalue weighted by molar-refractivity contribution is 7.71. The molecule has 0 heterocycles. The van der Waals surface area contributed by atoms with E-state index in [4.69, 9.17) is 12.2 Å². The zero-order valence-electron chi connectivity index (χ0n) is 11.4. The van der Waals surface area contributed by atoms with E-state index < -0.39 is 0 Å². The predicted molar refractivity (Wildman–Crippen MR) is 76.3 cm³/mol. The van der Waals surface area contributed by atoms with E-state index >= 15 is 0 Å². The summed E-state index contributed by atoms with van der Waals surface area (Å²) in [5.74, 6) is 0. The number of nitrogens with zero attached hydrogens (tertiary/aromatic N) is 1. The van der Waals surface area contributed by atoms with Crippen molar-refractivity contribution in [1.82, 2.24) is 4.90 Å². The molecule has 0 aromatic heterocycles. The van der Waals surface area contributed by atoms with Crippen LogP contribution in [-0.4, -0.2) is 32.1 Å². The van der Waals surface area contributed by atoms with Gasteiger partial charge in [-0.15, -0.1) is 0 Å². The van der Waals surface area contributed by atoms with Crippen molar-refractivity contribution in [2.75, 3.05) is 32.5 Å². The summed E-state index contributed by atoms with van der Waals surface area (Å²) >= 11 is 5.09. The van der Waals surface area contributed by atoms with E-state index in [0.29, 0.717) is 4.51 Å². The maximum atomic E-state index is 11.7. The summed E-state index contributed by atoms with van der Waals surface area (Å²) in [6.45, 7) is 8.03. The third kappa shape index (κ3) is 3.36. The molecule has 0 fully saturated rings. The lowest BCUT2D eigenvalue weighted by atomic mass is 9.82. The average molecular weight is 254 g/mol. The molecule has 0 aliphatic carbocycles. The quantitative estimate of drug-likeness (QED) is 0.645. The van der Waals surface area contributed by atoms with Crippen molar-refractivity contribution < 1.29 is 0 Å². The first-order valence-corrected chi connectivity index (χ1v) is 6.38. The average Bonchev–Trinajstić information content (AvgIpc) is 2.19. The van der Waals surface area contributed by atoms with Crippen molar-refractivity contribution in [1.29, 1.82) is 0 Å². The predicted octanol–water partition coefficient (Wildman–Crippen LogP) is 2.31. The maximum absolute atomic E-state index is 11.7. The molecule has 0 saturated carbocycles. The Bertz CT molecular complexity index is 450. The van der Waals surface area contributed by atoms with Gasteiger partial charge in [-0.25, -0.2) is 0 Å². The molecule has 0 radical (unpaired) electrons. The Morgan fingerprint density at radius 2 is 1.88 bits per heavy atom. The third-order valence-electron chi connectivity index (χ3n) is 2.74. The molecule has 0 aliphatic rings. The summed E-state index contributed by atoms with van der Waals surface area (Å²) < 4.78 is 0.472. The number of anilines is 1. The van der Waals surface area contributed by atoms with Crippen LogP contribution in [0.1, 0.15) is 32.8 Å². The van der Waals surface area contributed by atoms with E-state index in [2.05, 4.69) is 24.3 Å². The normalized spacial score (nSPS) is 12.4. The number of hydrogen-bond acceptors (Lipinski definition) is 4. The van der Waals surface area contributed by atoms with E-state index in [1.54, 1.807) is 0 Å². The second kappa shape index (κ2) is 5.27. The fraction of sp³-hybridized carbons (Fsp3) is 0.692. The molecule has 96 valence electrons. The Morgan fingerprint density at radius 1 is 1.29 bits per heavy atom. The van der Waals surface area contributed by atoms with Crippen molar-refractivity contribution >= 4 is 17.9 Å². The van der Waals surface area contributed by atoms with Gasteiger partial charge in [-0.2, -0.15) is 0 Å². The van der Waals surface area contributed by atoms with Crippen LogP contribution in [0.3, 0.4) is 0 Å². The van der Waals surface area contributed by atoms with Crippen LogP contribution in [0.4, 0.5) is 5.69 Å². The monoisotopic (exact) mass is 254 g/mol. The standard InChI is InChI=1S/C13H22N2OS/c1-13(2,3)9-10(12(17)11(9)16)14-7-6-8-15(4)5/h14H,6-8H2,1-5H3. The first-order valence-electron chi connectivity index (χ1n) is 5.97. The largest absolute Gasteiger partial charge is 0.383 e. The summed E-state index contributed by atoms with van der Waals surface area (Å²) in [7, 11) is 4.11. The lowest BCUT2D eigenvalue weighted by molar-refractivity contribution is 0.405. The van der Waals surface area contributed by atoms with Gasteiger partial charge >= 0.3 is 0 Å². The Balaban J connectivity index is 2.64. The third-order valence-corrected chi connectivity index (χ3v) is 3.13. The van der Waals surface area contributed by atoms with Gasteiger partial charge < -0.3 is 10.2 Å². The van der Waals surface area contributed by atoms with Crippen LogP contribution in [0, 0.1) is 4.51 Å². The molecule has 0 saturated heterocycles. The fourth-order valence-electron chi connectivity index (χ4n) is 1.88. The Kier molecular flexibility index (Phi) is 4.44. The molecule has 0 aliphatic heterocycles. The summed E-state index contributed by atoms with van der Waals surface area (Å²) in [5, 5.41) is 3.30. The molecular formula is C13H22N2OS. The summed E-state index contributed by atoms with van der Waals surface area (Å²) in [6, 6.07) is 0. The van der Waals surface area contributed by atoms with E-state index in [-0.39, 0.29) is 10.8 Å². The Labute approximate surface area is 109 Å². The van der Waals surface area contributed by atoms with Crippen molar-refractivity contribution in [3.05, 3.63) is 20.3 Å². The molecule has 0 bridgehead atoms. The molecule has 17 heavy (non-hydrogen) atoms. The highest BCUT2D eigenvalue weighted by atomic mass is 32.1. The zero-order chi connectivity index (χ0) is 13.2. The Morgan fingerprint density at radius 3 is 2.35 bits per heavy atom. The highest BCUT2D eigenvalue weighted by Gasteiger charge is 2.27. The van der Waals surface area contributed by atoms with Gasteiger partial charge in [0.25, 0.3) is 0 Å². The molecule has 1 rings (SSSR count). The molecular weight excluding hydrogens is 232 g/mol. The summed E-state index contributed by atoms with van der Waals surface area (Å²) in [5.41, 5.74) is 1.68. The second-order valence-corrected chi connectivity index (χ2v) is 6.15. The molecule has 3 nitrogen and oxygen atoms in total. The van der Waals surface area contributed by atoms with Crippen LogP contribution < -0.4 is 10.7 Å². The van der Waals surface area contributed by atoms with Crippen molar-refractivity contribution in [2.24, 2.45) is 0 Å². The minimum atomic E-state index is -0.122. The first kappa shape index (κ1) is 14.3. The van der Waals surface area contributed by atoms with Crippen molar-refractivity contribution in [2.45, 2.75) is 32.6 Å². The Hall–Kier alpha value is -0.740. The zero-order valence-corrected chi connectivity index (χ0v) is 12.2. The minimum absolute atomic E-state index is 0.0441. The van der Waals surface area contributed by atoms with Crippen LogP contribution in [0.2, 0.25) is 0 Å². The number of hydrogen-bond donors (Lipinski definition) is 1. The molecule has 4 heteroatoms. The molecule has 1 N–H and O–H groups in total. The molecule has 1 aromatic rings. The van der Waals surface area contributed by atoms with Crippen LogP contribution in [0.5, 0.6) is 0 Å². The van der Waals surface area contributed by atoms with Gasteiger partial charge in [0.15, 0.2) is 0 Å². The smallest absolute Gasteiger partial charge is 0.204 e. The maximum Gasteiger partial charge on any atom is 0.204 e. The van der Waals surface area contributed by atoms with Crippen LogP contribution in [0.15, 0.2) is 4.79 Å². The van der Waals surface area contributed by atoms with Gasteiger partial charge in [-0.3, -0.25) is 4.79 Å². The fourth-order valence-corrected chi connectivity index (χ4v) is 2.16. The summed E-state index contributed by atoms with van der Waals surface area (Å²) in [6.07, 6.45) is 1.05. The van der Waals surface area contributed by atoms with E-state index in [1.165, 1.54) is 0 Å². The van der Waals surface area contributed by atoms with E-state index in [0.717, 1.165) is 30.8 Å². The van der Waals surface area contributed by atoms with Crippen molar-refractivity contribution in [3.8, 4) is 0 Å².